The summed E-state index contributed by atoms with van der Waals surface area (Å²) in [6.45, 7) is -0.250. The normalized spacial score (nSPS) is 15.0. The summed E-state index contributed by atoms with van der Waals surface area (Å²) in [6.07, 6.45) is 8.34. The Bertz CT molecular complexity index is 595. The molecule has 0 radical (unpaired) electrons. The van der Waals surface area contributed by atoms with Gasteiger partial charge in [-0.15, -0.1) is 0 Å². The molecule has 1 aromatic carbocycles. The molecule has 0 unspecified atom stereocenters. The first-order valence-corrected chi connectivity index (χ1v) is 7.13. The van der Waals surface area contributed by atoms with Crippen LogP contribution < -0.4 is 10.5 Å². The predicted molar refractivity (Wildman–Crippen MR) is 82.3 cm³/mol. The molecule has 1 aliphatic carbocycles. The maximum Gasteiger partial charge on any atom is 0.290 e. The third kappa shape index (κ3) is 4.08. The van der Waals surface area contributed by atoms with Gasteiger partial charge in [0.2, 0.25) is 0 Å². The van der Waals surface area contributed by atoms with Crippen LogP contribution in [0.25, 0.3) is 10.8 Å². The van der Waals surface area contributed by atoms with E-state index in [1.807, 2.05) is 24.3 Å². The van der Waals surface area contributed by atoms with Crippen LogP contribution in [0.4, 0.5) is 5.82 Å². The molecule has 2 aromatic rings. The van der Waals surface area contributed by atoms with Crippen molar-refractivity contribution in [3.63, 3.8) is 0 Å². The molecule has 0 atom stereocenters. The van der Waals surface area contributed by atoms with Gasteiger partial charge in [-0.25, -0.2) is 4.98 Å². The highest BCUT2D eigenvalue weighted by molar-refractivity contribution is 5.91. The Morgan fingerprint density at radius 2 is 1.95 bits per heavy atom. The van der Waals surface area contributed by atoms with E-state index in [9.17, 15) is 0 Å². The van der Waals surface area contributed by atoms with Crippen molar-refractivity contribution >= 4 is 23.1 Å². The van der Waals surface area contributed by atoms with E-state index >= 15 is 0 Å². The van der Waals surface area contributed by atoms with Crippen molar-refractivity contribution in [2.45, 2.75) is 38.2 Å². The molecule has 5 nitrogen and oxygen atoms in total. The van der Waals surface area contributed by atoms with E-state index in [1.54, 1.807) is 6.20 Å². The summed E-state index contributed by atoms with van der Waals surface area (Å²) in [6, 6.07) is 8.05. The molecule has 0 saturated heterocycles. The Balaban J connectivity index is 0.000000497. The SMILES string of the molecule is Nc1nccc2ccc(OC3CCCCC3)cc12.O=CO. The maximum absolute atomic E-state index is 8.36. The number of nitrogens with two attached hydrogens (primary N) is 1. The predicted octanol–water partition coefficient (Wildman–Crippen LogP) is 3.23. The largest absolute Gasteiger partial charge is 0.490 e. The molecule has 1 heterocycles. The summed E-state index contributed by atoms with van der Waals surface area (Å²) in [5.41, 5.74) is 5.89. The van der Waals surface area contributed by atoms with Crippen molar-refractivity contribution in [3.05, 3.63) is 30.5 Å². The van der Waals surface area contributed by atoms with Crippen LogP contribution in [-0.2, 0) is 4.79 Å². The number of carboxylic acid groups (broad SMARTS) is 1. The molecule has 21 heavy (non-hydrogen) atoms. The minimum absolute atomic E-state index is 0.250. The lowest BCUT2D eigenvalue weighted by Gasteiger charge is -2.23. The van der Waals surface area contributed by atoms with Gasteiger partial charge in [-0.1, -0.05) is 12.5 Å². The number of fused-ring (bicyclic) bond motifs is 1. The molecule has 0 aliphatic heterocycles. The summed E-state index contributed by atoms with van der Waals surface area (Å²) in [5, 5.41) is 8.98. The van der Waals surface area contributed by atoms with E-state index in [1.165, 1.54) is 32.1 Å². The van der Waals surface area contributed by atoms with Gasteiger partial charge in [0.1, 0.15) is 11.6 Å². The van der Waals surface area contributed by atoms with E-state index in [2.05, 4.69) is 4.98 Å². The number of hydrogen-bond acceptors (Lipinski definition) is 4. The van der Waals surface area contributed by atoms with Crippen LogP contribution in [0.2, 0.25) is 0 Å². The molecular formula is C16H20N2O3. The fraction of sp³-hybridized carbons (Fsp3) is 0.375. The van der Waals surface area contributed by atoms with Gasteiger partial charge in [-0.3, -0.25) is 4.79 Å². The van der Waals surface area contributed by atoms with E-state index in [0.29, 0.717) is 11.9 Å². The van der Waals surface area contributed by atoms with Gasteiger partial charge in [0.15, 0.2) is 0 Å². The number of nitrogens with zero attached hydrogens (tertiary/aromatic N) is 1. The Morgan fingerprint density at radius 1 is 1.24 bits per heavy atom. The van der Waals surface area contributed by atoms with Crippen molar-refractivity contribution in [2.75, 3.05) is 5.73 Å². The number of anilines is 1. The fourth-order valence-electron chi connectivity index (χ4n) is 2.62. The Hall–Kier alpha value is -2.30. The Labute approximate surface area is 123 Å². The molecule has 1 saturated carbocycles. The maximum atomic E-state index is 8.36. The molecule has 3 N–H and O–H groups in total. The summed E-state index contributed by atoms with van der Waals surface area (Å²) >= 11 is 0. The van der Waals surface area contributed by atoms with Crippen molar-refractivity contribution in [3.8, 4) is 5.75 Å². The molecule has 1 fully saturated rings. The number of nitrogen functional groups attached to an aromatic ring is 1. The zero-order valence-corrected chi connectivity index (χ0v) is 11.9. The van der Waals surface area contributed by atoms with Crippen molar-refractivity contribution in [1.82, 2.24) is 4.98 Å². The number of benzene rings is 1. The number of pyridine rings is 1. The van der Waals surface area contributed by atoms with E-state index in [4.69, 9.17) is 20.4 Å². The minimum Gasteiger partial charge on any atom is -0.490 e. The van der Waals surface area contributed by atoms with Crippen LogP contribution in [0.5, 0.6) is 5.75 Å². The second-order valence-electron chi connectivity index (χ2n) is 5.06. The van der Waals surface area contributed by atoms with Gasteiger partial charge in [-0.05, 0) is 49.3 Å². The molecule has 1 aliphatic rings. The number of carbonyl (C=O) groups is 1. The Kier molecular flexibility index (Phi) is 5.37. The average molecular weight is 288 g/mol. The lowest BCUT2D eigenvalue weighted by Crippen LogP contribution is -2.19. The molecular weight excluding hydrogens is 268 g/mol. The summed E-state index contributed by atoms with van der Waals surface area (Å²) in [5.74, 6) is 1.48. The molecule has 5 heteroatoms. The number of aromatic nitrogens is 1. The second kappa shape index (κ2) is 7.47. The highest BCUT2D eigenvalue weighted by Gasteiger charge is 2.15. The van der Waals surface area contributed by atoms with Gasteiger partial charge >= 0.3 is 0 Å². The minimum atomic E-state index is -0.250. The van der Waals surface area contributed by atoms with Crippen molar-refractivity contribution in [2.24, 2.45) is 0 Å². The molecule has 3 rings (SSSR count). The van der Waals surface area contributed by atoms with Crippen LogP contribution in [-0.4, -0.2) is 22.7 Å². The van der Waals surface area contributed by atoms with Gasteiger partial charge in [0.25, 0.3) is 6.47 Å². The second-order valence-corrected chi connectivity index (χ2v) is 5.06. The van der Waals surface area contributed by atoms with Crippen molar-refractivity contribution in [1.29, 1.82) is 0 Å². The first-order valence-electron chi connectivity index (χ1n) is 7.13. The molecule has 0 bridgehead atoms. The summed E-state index contributed by atoms with van der Waals surface area (Å²) in [7, 11) is 0. The highest BCUT2D eigenvalue weighted by Crippen LogP contribution is 2.27. The lowest BCUT2D eigenvalue weighted by molar-refractivity contribution is -0.122. The monoisotopic (exact) mass is 288 g/mol. The zero-order chi connectivity index (χ0) is 15.1. The highest BCUT2D eigenvalue weighted by atomic mass is 16.5. The molecule has 0 amide bonds. The van der Waals surface area contributed by atoms with Crippen LogP contribution in [0, 0.1) is 0 Å². The smallest absolute Gasteiger partial charge is 0.290 e. The first-order chi connectivity index (χ1) is 10.2. The number of ether oxygens (including phenoxy) is 1. The third-order valence-electron chi connectivity index (χ3n) is 3.62. The van der Waals surface area contributed by atoms with Crippen molar-refractivity contribution < 1.29 is 14.6 Å². The average Bonchev–Trinajstić information content (AvgIpc) is 2.50. The first kappa shape index (κ1) is 15.1. The van der Waals surface area contributed by atoms with E-state index in [-0.39, 0.29) is 6.47 Å². The van der Waals surface area contributed by atoms with Gasteiger partial charge < -0.3 is 15.6 Å². The van der Waals surface area contributed by atoms with E-state index < -0.39 is 0 Å². The van der Waals surface area contributed by atoms with Gasteiger partial charge in [0, 0.05) is 11.6 Å². The quantitative estimate of drug-likeness (QED) is 0.829. The van der Waals surface area contributed by atoms with Crippen LogP contribution in [0.1, 0.15) is 32.1 Å². The van der Waals surface area contributed by atoms with E-state index in [0.717, 1.165) is 16.5 Å². The third-order valence-corrected chi connectivity index (χ3v) is 3.62. The fourth-order valence-corrected chi connectivity index (χ4v) is 2.62. The van der Waals surface area contributed by atoms with Gasteiger partial charge in [0.05, 0.1) is 6.10 Å². The Morgan fingerprint density at radius 3 is 2.67 bits per heavy atom. The molecule has 0 spiro atoms. The molecule has 112 valence electrons. The van der Waals surface area contributed by atoms with Crippen LogP contribution in [0.15, 0.2) is 30.5 Å². The number of hydrogen-bond donors (Lipinski definition) is 2. The van der Waals surface area contributed by atoms with Crippen LogP contribution in [0.3, 0.4) is 0 Å². The van der Waals surface area contributed by atoms with Crippen LogP contribution >= 0.6 is 0 Å². The topological polar surface area (TPSA) is 85.4 Å². The summed E-state index contributed by atoms with van der Waals surface area (Å²) in [4.78, 5) is 12.5. The zero-order valence-electron chi connectivity index (χ0n) is 11.9. The number of rotatable bonds is 2. The molecule has 1 aromatic heterocycles. The lowest BCUT2D eigenvalue weighted by atomic mass is 9.98. The standard InChI is InChI=1S/C15H18N2O.CH2O2/c16-15-14-10-13(7-6-11(14)8-9-17-15)18-12-4-2-1-3-5-12;2-1-3/h6-10,12H,1-5H2,(H2,16,17);1H,(H,2,3). The summed E-state index contributed by atoms with van der Waals surface area (Å²) < 4.78 is 6.04. The van der Waals surface area contributed by atoms with Gasteiger partial charge in [-0.2, -0.15) is 0 Å².